The fourth-order valence-electron chi connectivity index (χ4n) is 15.9. The predicted octanol–water partition coefficient (Wildman–Crippen LogP) is 27.3. The molecule has 0 aliphatic carbocycles. The van der Waals surface area contributed by atoms with Gasteiger partial charge in [0.1, 0.15) is 0 Å². The molecule has 0 aliphatic rings. The lowest BCUT2D eigenvalue weighted by molar-refractivity contribution is 1.07. The van der Waals surface area contributed by atoms with E-state index in [0.717, 1.165) is 72.4 Å². The second kappa shape index (κ2) is 28.0. The molecule has 10 heteroatoms. The Morgan fingerprint density at radius 3 is 0.955 bits per heavy atom. The Labute approximate surface area is 653 Å². The molecular formula is C102H64N8S2. The van der Waals surface area contributed by atoms with Gasteiger partial charge in [-0.05, 0) is 129 Å². The quantitative estimate of drug-likeness (QED) is 0.121. The van der Waals surface area contributed by atoms with Gasteiger partial charge >= 0.3 is 0 Å². The van der Waals surface area contributed by atoms with Crippen molar-refractivity contribution < 1.29 is 0 Å². The molecule has 8 nitrogen and oxygen atoms in total. The fraction of sp³-hybridized carbons (Fsp3) is 0. The second-order valence-electron chi connectivity index (χ2n) is 28.1. The average Bonchev–Trinajstić information content (AvgIpc) is 1.59. The van der Waals surface area contributed by atoms with Crippen LogP contribution in [0.15, 0.2) is 388 Å². The van der Waals surface area contributed by atoms with Gasteiger partial charge in [0, 0.05) is 107 Å². The molecule has 0 bridgehead atoms. The Bertz CT molecular complexity index is 7370. The zero-order chi connectivity index (χ0) is 74.0. The summed E-state index contributed by atoms with van der Waals surface area (Å²) in [6.07, 6.45) is 0. The number of hydrogen-bond acceptors (Lipinski definition) is 8. The summed E-state index contributed by atoms with van der Waals surface area (Å²) in [5, 5.41) is 9.88. The van der Waals surface area contributed by atoms with E-state index in [-0.39, 0.29) is 0 Å². The minimum absolute atomic E-state index is 0.626. The lowest BCUT2D eigenvalue weighted by atomic mass is 9.98. The number of fused-ring (bicyclic) bond motifs is 12. The van der Waals surface area contributed by atoms with E-state index in [2.05, 4.69) is 373 Å². The van der Waals surface area contributed by atoms with Gasteiger partial charge in [-0.2, -0.15) is 0 Å². The van der Waals surface area contributed by atoms with Gasteiger partial charge in [-0.1, -0.05) is 303 Å². The van der Waals surface area contributed by atoms with Crippen LogP contribution >= 0.6 is 22.7 Å². The lowest BCUT2D eigenvalue weighted by Crippen LogP contribution is -2.01. The van der Waals surface area contributed by atoms with Crippen molar-refractivity contribution >= 4 is 107 Å². The second-order valence-corrected chi connectivity index (χ2v) is 30.3. The van der Waals surface area contributed by atoms with Crippen LogP contribution in [0, 0.1) is 0 Å². The Morgan fingerprint density at radius 2 is 0.438 bits per heavy atom. The minimum Gasteiger partial charge on any atom is -0.309 e. The number of rotatable bonds is 12. The molecule has 0 saturated heterocycles. The summed E-state index contributed by atoms with van der Waals surface area (Å²) in [7, 11) is 0. The van der Waals surface area contributed by atoms with Gasteiger partial charge in [-0.15, -0.1) is 22.7 Å². The molecule has 22 aromatic rings. The molecule has 16 aromatic carbocycles. The highest BCUT2D eigenvalue weighted by molar-refractivity contribution is 7.26. The average molecular weight is 1470 g/mol. The van der Waals surface area contributed by atoms with Crippen molar-refractivity contribution in [2.24, 2.45) is 0 Å². The third kappa shape index (κ3) is 12.1. The highest BCUT2D eigenvalue weighted by Crippen LogP contribution is 2.43. The molecule has 0 N–H and O–H groups in total. The van der Waals surface area contributed by atoms with E-state index in [9.17, 15) is 0 Å². The molecule has 524 valence electrons. The van der Waals surface area contributed by atoms with E-state index in [1.807, 2.05) is 24.3 Å². The van der Waals surface area contributed by atoms with Crippen LogP contribution in [0.5, 0.6) is 0 Å². The Kier molecular flexibility index (Phi) is 16.4. The van der Waals surface area contributed by atoms with Crippen molar-refractivity contribution in [2.45, 2.75) is 0 Å². The molecule has 0 amide bonds. The van der Waals surface area contributed by atoms with Crippen molar-refractivity contribution in [3.63, 3.8) is 0 Å². The van der Waals surface area contributed by atoms with Crippen LogP contribution in [0.25, 0.3) is 208 Å². The van der Waals surface area contributed by atoms with Gasteiger partial charge in [-0.25, -0.2) is 29.9 Å². The zero-order valence-corrected chi connectivity index (χ0v) is 62.0. The molecule has 22 rings (SSSR count). The smallest absolute Gasteiger partial charge is 0.164 e. The molecule has 0 saturated carbocycles. The first-order chi connectivity index (χ1) is 55.5. The molecule has 0 spiro atoms. The van der Waals surface area contributed by atoms with Crippen LogP contribution in [-0.4, -0.2) is 39.0 Å². The van der Waals surface area contributed by atoms with Gasteiger partial charge in [-0.3, -0.25) is 0 Å². The predicted molar refractivity (Wildman–Crippen MR) is 468 cm³/mol. The van der Waals surface area contributed by atoms with Gasteiger partial charge < -0.3 is 9.13 Å². The van der Waals surface area contributed by atoms with E-state index in [1.54, 1.807) is 22.7 Å². The summed E-state index contributed by atoms with van der Waals surface area (Å²) in [4.78, 5) is 30.8. The van der Waals surface area contributed by atoms with Gasteiger partial charge in [0.05, 0.1) is 22.1 Å². The Morgan fingerprint density at radius 1 is 0.152 bits per heavy atom. The van der Waals surface area contributed by atoms with Crippen LogP contribution in [0.1, 0.15) is 0 Å². The summed E-state index contributed by atoms with van der Waals surface area (Å²) >= 11 is 3.60. The topological polar surface area (TPSA) is 87.2 Å². The number of benzene rings is 16. The molecule has 0 unspecified atom stereocenters. The van der Waals surface area contributed by atoms with E-state index < -0.39 is 0 Å². The number of thiophene rings is 2. The molecule has 0 radical (unpaired) electrons. The van der Waals surface area contributed by atoms with Crippen LogP contribution in [0.4, 0.5) is 0 Å². The summed E-state index contributed by atoms with van der Waals surface area (Å²) in [6, 6.07) is 137. The lowest BCUT2D eigenvalue weighted by Gasteiger charge is -2.12. The molecule has 0 fully saturated rings. The number of hydrogen-bond donors (Lipinski definition) is 0. The number of para-hydroxylation sites is 2. The fourth-order valence-corrected chi connectivity index (χ4v) is 18.1. The largest absolute Gasteiger partial charge is 0.309 e. The maximum Gasteiger partial charge on any atom is 0.164 e. The molecule has 6 heterocycles. The van der Waals surface area contributed by atoms with Crippen molar-refractivity contribution in [3.05, 3.63) is 388 Å². The first-order valence-electron chi connectivity index (χ1n) is 37.5. The van der Waals surface area contributed by atoms with Crippen molar-refractivity contribution in [2.75, 3.05) is 0 Å². The zero-order valence-electron chi connectivity index (χ0n) is 60.3. The highest BCUT2D eigenvalue weighted by atomic mass is 32.1. The Balaban J connectivity index is 0.000000141. The minimum atomic E-state index is 0.626. The van der Waals surface area contributed by atoms with Crippen LogP contribution < -0.4 is 0 Å². The number of aromatic nitrogens is 8. The maximum absolute atomic E-state index is 5.20. The van der Waals surface area contributed by atoms with E-state index in [0.29, 0.717) is 34.9 Å². The summed E-state index contributed by atoms with van der Waals surface area (Å²) in [6.45, 7) is 0. The molecule has 0 aliphatic heterocycles. The van der Waals surface area contributed by atoms with E-state index in [4.69, 9.17) is 29.9 Å². The number of nitrogens with zero attached hydrogens (tertiary/aromatic N) is 8. The monoisotopic (exact) mass is 1460 g/mol. The highest BCUT2D eigenvalue weighted by Gasteiger charge is 2.22. The molecule has 112 heavy (non-hydrogen) atoms. The first kappa shape index (κ1) is 65.8. The van der Waals surface area contributed by atoms with Crippen molar-refractivity contribution in [3.8, 4) is 124 Å². The van der Waals surface area contributed by atoms with Crippen LogP contribution in [0.3, 0.4) is 0 Å². The SMILES string of the molecule is c1ccc(-c2ccc(-c3nc(-c4cccc(-n5c6ccccc6c6ccc(-c7ccccc7)cc65)c4)nc(-c4ccc5c(c4)sc4ccccc45)n3)cc2)cc1.c1ccc(-c2cccc(-c3ccc4c(c3)c3ccccc3n4-c3cccc(-c4nc(-c5ccccc5)nc(-c5ccc6c(c5)sc5ccccc56)n4)c3)c2)cc1. The molecule has 0 atom stereocenters. The summed E-state index contributed by atoms with van der Waals surface area (Å²) < 4.78 is 9.69. The molecule has 6 aromatic heterocycles. The van der Waals surface area contributed by atoms with E-state index >= 15 is 0 Å². The third-order valence-electron chi connectivity index (χ3n) is 21.3. The molecular weight excluding hydrogens is 1400 g/mol. The summed E-state index contributed by atoms with van der Waals surface area (Å²) in [5.41, 5.74) is 21.8. The van der Waals surface area contributed by atoms with Crippen molar-refractivity contribution in [1.29, 1.82) is 0 Å². The van der Waals surface area contributed by atoms with E-state index in [1.165, 1.54) is 101 Å². The Hall–Kier alpha value is -14.4. The standard InChI is InChI=1S/2C51H32N4S/c1-3-13-33(14-4-1)35-17-11-18-36(29-35)37-26-28-46-44(31-37)41-21-7-9-23-45(41)55(46)40-20-12-19-38(30-40)50-52-49(34-15-5-2-6-16-34)53-51(54-50)39-25-27-43-42-22-8-10-24-47(42)56-48(43)32-39;1-3-12-33(13-4-1)35-22-24-36(25-23-35)49-52-50(54-51(53-49)39-27-29-44-43-19-8-10-21-47(43)56-48(44)32-39)38-16-11-17-40(30-38)55-45-20-9-7-18-41(45)42-28-26-37(31-46(42)55)34-14-5-2-6-15-34/h2*1-32H. The van der Waals surface area contributed by atoms with Crippen molar-refractivity contribution in [1.82, 2.24) is 39.0 Å². The van der Waals surface area contributed by atoms with Gasteiger partial charge in [0.25, 0.3) is 0 Å². The maximum atomic E-state index is 5.20. The third-order valence-corrected chi connectivity index (χ3v) is 23.6. The van der Waals surface area contributed by atoms with Crippen LogP contribution in [0.2, 0.25) is 0 Å². The normalized spacial score (nSPS) is 11.6. The summed E-state index contributed by atoms with van der Waals surface area (Å²) in [5.74, 6) is 3.84. The first-order valence-corrected chi connectivity index (χ1v) is 39.2. The van der Waals surface area contributed by atoms with Gasteiger partial charge in [0.2, 0.25) is 0 Å². The van der Waals surface area contributed by atoms with Gasteiger partial charge in [0.15, 0.2) is 34.9 Å². The van der Waals surface area contributed by atoms with Crippen LogP contribution in [-0.2, 0) is 0 Å².